The summed E-state index contributed by atoms with van der Waals surface area (Å²) in [6.07, 6.45) is 1.57. The van der Waals surface area contributed by atoms with Crippen molar-refractivity contribution in [3.63, 3.8) is 0 Å². The summed E-state index contributed by atoms with van der Waals surface area (Å²) in [6, 6.07) is 24.7. The Balaban J connectivity index is 1.50. The van der Waals surface area contributed by atoms with E-state index in [2.05, 4.69) is 5.32 Å². The highest BCUT2D eigenvalue weighted by atomic mass is 16.7. The van der Waals surface area contributed by atoms with Crippen LogP contribution in [0.1, 0.15) is 5.56 Å². The zero-order chi connectivity index (χ0) is 19.3. The van der Waals surface area contributed by atoms with Gasteiger partial charge < -0.3 is 14.8 Å². The molecule has 28 heavy (non-hydrogen) atoms. The summed E-state index contributed by atoms with van der Waals surface area (Å²) < 4.78 is 10.5. The van der Waals surface area contributed by atoms with E-state index in [4.69, 9.17) is 9.47 Å². The zero-order valence-corrected chi connectivity index (χ0v) is 14.9. The van der Waals surface area contributed by atoms with Crippen LogP contribution in [0.3, 0.4) is 0 Å². The standard InChI is InChI=1S/C23H16N2O3/c24-14-19(23(26)25-20-10-11-21-22(13-20)28-15-27-21)12-16-6-8-18(9-7-16)17-4-2-1-3-5-17/h1-13H,15H2,(H,25,26). The molecule has 0 saturated heterocycles. The van der Waals surface area contributed by atoms with Gasteiger partial charge >= 0.3 is 0 Å². The van der Waals surface area contributed by atoms with Crippen LogP contribution in [0.5, 0.6) is 11.5 Å². The highest BCUT2D eigenvalue weighted by Gasteiger charge is 2.15. The van der Waals surface area contributed by atoms with Gasteiger partial charge in [0.25, 0.3) is 5.91 Å². The Morgan fingerprint density at radius 2 is 1.64 bits per heavy atom. The molecule has 0 aliphatic carbocycles. The van der Waals surface area contributed by atoms with E-state index in [-0.39, 0.29) is 12.4 Å². The summed E-state index contributed by atoms with van der Waals surface area (Å²) in [7, 11) is 0. The molecular formula is C23H16N2O3. The molecule has 0 atom stereocenters. The zero-order valence-electron chi connectivity index (χ0n) is 14.9. The second-order valence-corrected chi connectivity index (χ2v) is 6.18. The highest BCUT2D eigenvalue weighted by Crippen LogP contribution is 2.34. The number of nitriles is 1. The average Bonchev–Trinajstić information content (AvgIpc) is 3.21. The molecule has 1 aliphatic rings. The molecule has 5 heteroatoms. The van der Waals surface area contributed by atoms with Crippen LogP contribution in [-0.2, 0) is 4.79 Å². The van der Waals surface area contributed by atoms with E-state index < -0.39 is 5.91 Å². The molecule has 0 saturated carbocycles. The van der Waals surface area contributed by atoms with Crippen LogP contribution >= 0.6 is 0 Å². The van der Waals surface area contributed by atoms with Gasteiger partial charge in [-0.25, -0.2) is 0 Å². The molecule has 0 radical (unpaired) electrons. The van der Waals surface area contributed by atoms with Crippen LogP contribution in [-0.4, -0.2) is 12.7 Å². The second-order valence-electron chi connectivity index (χ2n) is 6.18. The molecule has 4 rings (SSSR count). The van der Waals surface area contributed by atoms with Crippen molar-refractivity contribution in [3.8, 4) is 28.7 Å². The fourth-order valence-electron chi connectivity index (χ4n) is 2.89. The first-order chi connectivity index (χ1) is 13.7. The van der Waals surface area contributed by atoms with Crippen molar-refractivity contribution >= 4 is 17.7 Å². The number of carbonyl (C=O) groups excluding carboxylic acids is 1. The van der Waals surface area contributed by atoms with Gasteiger partial charge in [-0.15, -0.1) is 0 Å². The quantitative estimate of drug-likeness (QED) is 0.538. The maximum Gasteiger partial charge on any atom is 0.266 e. The molecule has 1 N–H and O–H groups in total. The lowest BCUT2D eigenvalue weighted by molar-refractivity contribution is -0.112. The first-order valence-corrected chi connectivity index (χ1v) is 8.71. The highest BCUT2D eigenvalue weighted by molar-refractivity contribution is 6.09. The summed E-state index contributed by atoms with van der Waals surface area (Å²) >= 11 is 0. The third-order valence-electron chi connectivity index (χ3n) is 4.32. The third-order valence-corrected chi connectivity index (χ3v) is 4.32. The predicted octanol–water partition coefficient (Wildman–Crippen LogP) is 4.63. The smallest absolute Gasteiger partial charge is 0.266 e. The van der Waals surface area contributed by atoms with E-state index in [1.807, 2.05) is 60.7 Å². The summed E-state index contributed by atoms with van der Waals surface area (Å²) in [4.78, 5) is 12.5. The van der Waals surface area contributed by atoms with E-state index in [1.165, 1.54) is 0 Å². The Kier molecular flexibility index (Phi) is 4.77. The molecule has 0 aromatic heterocycles. The minimum absolute atomic E-state index is 0.0186. The lowest BCUT2D eigenvalue weighted by Crippen LogP contribution is -2.13. The molecule has 5 nitrogen and oxygen atoms in total. The van der Waals surface area contributed by atoms with Gasteiger partial charge in [0.1, 0.15) is 11.6 Å². The molecule has 136 valence electrons. The van der Waals surface area contributed by atoms with Crippen LogP contribution in [0, 0.1) is 11.3 Å². The van der Waals surface area contributed by atoms with Crippen molar-refractivity contribution in [1.82, 2.24) is 0 Å². The van der Waals surface area contributed by atoms with Crippen molar-refractivity contribution in [2.45, 2.75) is 0 Å². The van der Waals surface area contributed by atoms with Crippen molar-refractivity contribution < 1.29 is 14.3 Å². The fraction of sp³-hybridized carbons (Fsp3) is 0.0435. The largest absolute Gasteiger partial charge is 0.454 e. The predicted molar refractivity (Wildman–Crippen MR) is 107 cm³/mol. The van der Waals surface area contributed by atoms with Crippen LogP contribution in [0.4, 0.5) is 5.69 Å². The Morgan fingerprint density at radius 1 is 0.929 bits per heavy atom. The number of hydrogen-bond donors (Lipinski definition) is 1. The Labute approximate surface area is 162 Å². The molecular weight excluding hydrogens is 352 g/mol. The molecule has 0 fully saturated rings. The van der Waals surface area contributed by atoms with Crippen LogP contribution in [0.25, 0.3) is 17.2 Å². The summed E-state index contributed by atoms with van der Waals surface area (Å²) in [5.41, 5.74) is 3.51. The molecule has 0 spiro atoms. The van der Waals surface area contributed by atoms with E-state index in [0.29, 0.717) is 17.2 Å². The number of nitrogens with zero attached hydrogens (tertiary/aromatic N) is 1. The Hall–Kier alpha value is -4.04. The molecule has 0 unspecified atom stereocenters. The normalized spacial score (nSPS) is 12.3. The number of carbonyl (C=O) groups is 1. The van der Waals surface area contributed by atoms with Crippen molar-refractivity contribution in [2.24, 2.45) is 0 Å². The average molecular weight is 368 g/mol. The van der Waals surface area contributed by atoms with Crippen molar-refractivity contribution in [2.75, 3.05) is 12.1 Å². The number of amides is 1. The molecule has 1 amide bonds. The van der Waals surface area contributed by atoms with Crippen molar-refractivity contribution in [3.05, 3.63) is 83.9 Å². The van der Waals surface area contributed by atoms with E-state index in [9.17, 15) is 10.1 Å². The molecule has 3 aromatic carbocycles. The SMILES string of the molecule is N#CC(=Cc1ccc(-c2ccccc2)cc1)C(=O)Nc1ccc2c(c1)OCO2. The molecule has 1 aliphatic heterocycles. The maximum absolute atomic E-state index is 12.5. The van der Waals surface area contributed by atoms with E-state index >= 15 is 0 Å². The number of fused-ring (bicyclic) bond motifs is 1. The lowest BCUT2D eigenvalue weighted by atomic mass is 10.0. The first-order valence-electron chi connectivity index (χ1n) is 8.71. The monoisotopic (exact) mass is 368 g/mol. The lowest BCUT2D eigenvalue weighted by Gasteiger charge is -2.06. The third kappa shape index (κ3) is 3.71. The van der Waals surface area contributed by atoms with E-state index in [0.717, 1.165) is 16.7 Å². The number of ether oxygens (including phenoxy) is 2. The van der Waals surface area contributed by atoms with Gasteiger partial charge in [-0.2, -0.15) is 5.26 Å². The summed E-state index contributed by atoms with van der Waals surface area (Å²) in [5.74, 6) is 0.720. The van der Waals surface area contributed by atoms with Gasteiger partial charge in [-0.3, -0.25) is 4.79 Å². The molecule has 3 aromatic rings. The topological polar surface area (TPSA) is 71.4 Å². The summed E-state index contributed by atoms with van der Waals surface area (Å²) in [6.45, 7) is 0.162. The number of benzene rings is 3. The number of rotatable bonds is 4. The van der Waals surface area contributed by atoms with Gasteiger partial charge in [0.15, 0.2) is 11.5 Å². The minimum atomic E-state index is -0.478. The van der Waals surface area contributed by atoms with Crippen LogP contribution < -0.4 is 14.8 Å². The number of hydrogen-bond acceptors (Lipinski definition) is 4. The first kappa shape index (κ1) is 17.4. The Bertz CT molecular complexity index is 1080. The van der Waals surface area contributed by atoms with Gasteiger partial charge in [-0.1, -0.05) is 54.6 Å². The second kappa shape index (κ2) is 7.68. The molecule has 1 heterocycles. The maximum atomic E-state index is 12.5. The van der Waals surface area contributed by atoms with E-state index in [1.54, 1.807) is 24.3 Å². The van der Waals surface area contributed by atoms with Gasteiger partial charge in [0.2, 0.25) is 6.79 Å². The minimum Gasteiger partial charge on any atom is -0.454 e. The van der Waals surface area contributed by atoms with Crippen LogP contribution in [0.2, 0.25) is 0 Å². The number of anilines is 1. The van der Waals surface area contributed by atoms with Crippen LogP contribution in [0.15, 0.2) is 78.4 Å². The summed E-state index contributed by atoms with van der Waals surface area (Å²) in [5, 5.41) is 12.1. The van der Waals surface area contributed by atoms with Crippen molar-refractivity contribution in [1.29, 1.82) is 5.26 Å². The Morgan fingerprint density at radius 3 is 2.39 bits per heavy atom. The van der Waals surface area contributed by atoms with Gasteiger partial charge in [0.05, 0.1) is 0 Å². The van der Waals surface area contributed by atoms with Gasteiger partial charge in [0, 0.05) is 11.8 Å². The molecule has 0 bridgehead atoms. The fourth-order valence-corrected chi connectivity index (χ4v) is 2.89. The van der Waals surface area contributed by atoms with Gasteiger partial charge in [-0.05, 0) is 34.9 Å². The number of nitrogens with one attached hydrogen (secondary N) is 1.